The molecule has 1 rings (SSSR count). The van der Waals surface area contributed by atoms with Gasteiger partial charge in [0.2, 0.25) is 11.5 Å². The van der Waals surface area contributed by atoms with Crippen LogP contribution < -0.4 is 11.1 Å². The van der Waals surface area contributed by atoms with E-state index in [1.807, 2.05) is 0 Å². The second-order valence-corrected chi connectivity index (χ2v) is 2.33. The third-order valence-corrected chi connectivity index (χ3v) is 1.36. The highest BCUT2D eigenvalue weighted by atomic mass is 16.6. The summed E-state index contributed by atoms with van der Waals surface area (Å²) in [6.07, 6.45) is 2.39. The van der Waals surface area contributed by atoms with E-state index in [1.165, 1.54) is 0 Å². The van der Waals surface area contributed by atoms with E-state index in [-0.39, 0.29) is 17.4 Å². The first-order chi connectivity index (χ1) is 6.25. The molecule has 0 bridgehead atoms. The summed E-state index contributed by atoms with van der Waals surface area (Å²) in [7, 11) is 0. The van der Waals surface area contributed by atoms with Crippen LogP contribution in [-0.2, 0) is 0 Å². The molecule has 0 radical (unpaired) electrons. The monoisotopic (exact) mass is 182 g/mol. The van der Waals surface area contributed by atoms with Crippen molar-refractivity contribution < 1.29 is 9.42 Å². The van der Waals surface area contributed by atoms with Gasteiger partial charge in [-0.15, -0.1) is 6.58 Å². The largest absolute Gasteiger partial charge is 0.379 e. The molecule has 1 aromatic heterocycles. The number of aromatic nitrogens is 2. The van der Waals surface area contributed by atoms with Gasteiger partial charge in [-0.1, -0.05) is 6.08 Å². The zero-order valence-electron chi connectivity index (χ0n) is 6.99. The summed E-state index contributed by atoms with van der Waals surface area (Å²) in [5, 5.41) is 9.20. The van der Waals surface area contributed by atoms with E-state index < -0.39 is 0 Å². The van der Waals surface area contributed by atoms with Gasteiger partial charge in [-0.25, -0.2) is 4.63 Å². The molecule has 3 N–H and O–H groups in total. The Morgan fingerprint density at radius 2 is 2.46 bits per heavy atom. The van der Waals surface area contributed by atoms with Crippen LogP contribution in [0.1, 0.15) is 16.9 Å². The van der Waals surface area contributed by atoms with Crippen molar-refractivity contribution in [3.63, 3.8) is 0 Å². The number of hydrogen-bond donors (Lipinski definition) is 2. The third kappa shape index (κ3) is 2.29. The normalized spacial score (nSPS) is 9.54. The Balaban J connectivity index is 2.49. The van der Waals surface area contributed by atoms with Crippen LogP contribution >= 0.6 is 0 Å². The van der Waals surface area contributed by atoms with E-state index in [4.69, 9.17) is 5.73 Å². The lowest BCUT2D eigenvalue weighted by molar-refractivity contribution is 0.0945. The number of anilines is 1. The minimum absolute atomic E-state index is 0.00361. The Hall–Kier alpha value is -1.85. The second-order valence-electron chi connectivity index (χ2n) is 2.33. The molecule has 70 valence electrons. The Bertz CT molecular complexity index is 307. The quantitative estimate of drug-likeness (QED) is 0.503. The molecular formula is C7H10N4O2. The third-order valence-electron chi connectivity index (χ3n) is 1.36. The zero-order valence-corrected chi connectivity index (χ0v) is 6.99. The molecule has 1 aromatic rings. The van der Waals surface area contributed by atoms with Crippen LogP contribution in [0.2, 0.25) is 0 Å². The number of carbonyl (C=O) groups excluding carboxylic acids is 1. The number of nitrogens with one attached hydrogen (secondary N) is 1. The van der Waals surface area contributed by atoms with Crippen LogP contribution in [-0.4, -0.2) is 22.8 Å². The van der Waals surface area contributed by atoms with Gasteiger partial charge in [0.25, 0.3) is 5.91 Å². The van der Waals surface area contributed by atoms with Gasteiger partial charge in [0.1, 0.15) is 0 Å². The molecule has 0 aliphatic heterocycles. The molecule has 0 atom stereocenters. The Morgan fingerprint density at radius 3 is 3.00 bits per heavy atom. The first-order valence-electron chi connectivity index (χ1n) is 3.73. The fraction of sp³-hybridized carbons (Fsp3) is 0.286. The highest BCUT2D eigenvalue weighted by molar-refractivity contribution is 5.95. The highest BCUT2D eigenvalue weighted by Gasteiger charge is 2.14. The van der Waals surface area contributed by atoms with Crippen molar-refractivity contribution in [2.45, 2.75) is 6.42 Å². The minimum Gasteiger partial charge on any atom is -0.379 e. The summed E-state index contributed by atoms with van der Waals surface area (Å²) in [6.45, 7) is 4.01. The molecule has 1 amide bonds. The standard InChI is InChI=1S/C7H10N4O2/c1-2-3-4-9-7(12)5-6(8)11-13-10-5/h2H,1,3-4H2,(H2,8,11)(H,9,12). The van der Waals surface area contributed by atoms with E-state index in [0.717, 1.165) is 0 Å². The summed E-state index contributed by atoms with van der Waals surface area (Å²) in [6, 6.07) is 0. The van der Waals surface area contributed by atoms with Crippen molar-refractivity contribution in [1.29, 1.82) is 0 Å². The van der Waals surface area contributed by atoms with Gasteiger partial charge in [0.15, 0.2) is 0 Å². The minimum atomic E-state index is -0.388. The fourth-order valence-electron chi connectivity index (χ4n) is 0.724. The molecule has 0 aliphatic rings. The van der Waals surface area contributed by atoms with Gasteiger partial charge in [0.05, 0.1) is 0 Å². The zero-order chi connectivity index (χ0) is 9.68. The first-order valence-corrected chi connectivity index (χ1v) is 3.73. The molecule has 0 aliphatic carbocycles. The Labute approximate surface area is 74.8 Å². The molecule has 0 unspecified atom stereocenters. The molecule has 6 nitrogen and oxygen atoms in total. The van der Waals surface area contributed by atoms with Gasteiger partial charge >= 0.3 is 0 Å². The SMILES string of the molecule is C=CCCNC(=O)c1nonc1N. The van der Waals surface area contributed by atoms with Crippen molar-refractivity contribution in [3.05, 3.63) is 18.3 Å². The summed E-state index contributed by atoms with van der Waals surface area (Å²) in [5.74, 6) is -0.392. The average molecular weight is 182 g/mol. The van der Waals surface area contributed by atoms with E-state index in [0.29, 0.717) is 13.0 Å². The predicted octanol–water partition coefficient (Wildman–Crippen LogP) is -0.0423. The van der Waals surface area contributed by atoms with Crippen molar-refractivity contribution in [2.75, 3.05) is 12.3 Å². The summed E-state index contributed by atoms with van der Waals surface area (Å²) < 4.78 is 4.27. The molecule has 0 saturated carbocycles. The number of carbonyl (C=O) groups is 1. The van der Waals surface area contributed by atoms with Gasteiger partial charge in [0, 0.05) is 6.54 Å². The lowest BCUT2D eigenvalue weighted by atomic mass is 10.3. The molecule has 0 saturated heterocycles. The molecular weight excluding hydrogens is 172 g/mol. The Kier molecular flexibility index (Phi) is 3.02. The maximum Gasteiger partial charge on any atom is 0.277 e. The van der Waals surface area contributed by atoms with Gasteiger partial charge in [-0.2, -0.15) is 0 Å². The van der Waals surface area contributed by atoms with Crippen LogP contribution in [0.3, 0.4) is 0 Å². The van der Waals surface area contributed by atoms with E-state index in [1.54, 1.807) is 6.08 Å². The summed E-state index contributed by atoms with van der Waals surface area (Å²) in [5.41, 5.74) is 5.31. The molecule has 0 fully saturated rings. The number of rotatable bonds is 4. The molecule has 0 aromatic carbocycles. The second kappa shape index (κ2) is 4.24. The number of nitrogens with zero attached hydrogens (tertiary/aromatic N) is 2. The van der Waals surface area contributed by atoms with Gasteiger partial charge in [-0.05, 0) is 16.7 Å². The fourth-order valence-corrected chi connectivity index (χ4v) is 0.724. The molecule has 6 heteroatoms. The van der Waals surface area contributed by atoms with E-state index in [2.05, 4.69) is 26.8 Å². The first kappa shape index (κ1) is 9.24. The van der Waals surface area contributed by atoms with Crippen LogP contribution in [0.15, 0.2) is 17.3 Å². The molecule has 1 heterocycles. The van der Waals surface area contributed by atoms with Crippen molar-refractivity contribution in [2.24, 2.45) is 0 Å². The molecule has 13 heavy (non-hydrogen) atoms. The van der Waals surface area contributed by atoms with E-state index >= 15 is 0 Å². The lowest BCUT2D eigenvalue weighted by Crippen LogP contribution is -2.25. The maximum absolute atomic E-state index is 11.2. The number of amides is 1. The highest BCUT2D eigenvalue weighted by Crippen LogP contribution is 2.02. The molecule has 0 spiro atoms. The average Bonchev–Trinajstić information content (AvgIpc) is 2.52. The Morgan fingerprint density at radius 1 is 1.69 bits per heavy atom. The smallest absolute Gasteiger partial charge is 0.277 e. The van der Waals surface area contributed by atoms with Crippen molar-refractivity contribution in [3.8, 4) is 0 Å². The van der Waals surface area contributed by atoms with Crippen LogP contribution in [0.25, 0.3) is 0 Å². The predicted molar refractivity (Wildman–Crippen MR) is 45.9 cm³/mol. The van der Waals surface area contributed by atoms with Crippen LogP contribution in [0.5, 0.6) is 0 Å². The lowest BCUT2D eigenvalue weighted by Gasteiger charge is -1.98. The van der Waals surface area contributed by atoms with Crippen LogP contribution in [0.4, 0.5) is 5.82 Å². The number of nitrogen functional groups attached to an aromatic ring is 1. The summed E-state index contributed by atoms with van der Waals surface area (Å²) in [4.78, 5) is 11.2. The van der Waals surface area contributed by atoms with Crippen molar-refractivity contribution in [1.82, 2.24) is 15.6 Å². The topological polar surface area (TPSA) is 94.0 Å². The maximum atomic E-state index is 11.2. The number of hydrogen-bond acceptors (Lipinski definition) is 5. The number of nitrogens with two attached hydrogens (primary N) is 1. The van der Waals surface area contributed by atoms with Crippen molar-refractivity contribution >= 4 is 11.7 Å². The summed E-state index contributed by atoms with van der Waals surface area (Å²) >= 11 is 0. The van der Waals surface area contributed by atoms with E-state index in [9.17, 15) is 4.79 Å². The van der Waals surface area contributed by atoms with Gasteiger partial charge < -0.3 is 11.1 Å². The van der Waals surface area contributed by atoms with Crippen LogP contribution in [0, 0.1) is 0 Å². The van der Waals surface area contributed by atoms with Gasteiger partial charge in [-0.3, -0.25) is 4.79 Å².